The Balaban J connectivity index is 2.78. The minimum absolute atomic E-state index is 1.06. The average molecular weight is 248 g/mol. The number of H-pyrrole nitrogens is 1. The predicted molar refractivity (Wildman–Crippen MR) is 36.1 cm³/mol. The van der Waals surface area contributed by atoms with Crippen LogP contribution >= 0.6 is 0 Å². The van der Waals surface area contributed by atoms with Crippen LogP contribution < -0.4 is 5.32 Å². The highest BCUT2D eigenvalue weighted by atomic mass is 19.4. The zero-order valence-corrected chi connectivity index (χ0v) is 7.07. The van der Waals surface area contributed by atoms with Crippen LogP contribution in [0.2, 0.25) is 0 Å². The molecule has 0 spiro atoms. The Kier molecular flexibility index (Phi) is 2.79. The van der Waals surface area contributed by atoms with Crippen molar-refractivity contribution >= 4 is 11.9 Å². The number of amides is 1. The van der Waals surface area contributed by atoms with Gasteiger partial charge in [-0.2, -0.15) is 31.3 Å². The van der Waals surface area contributed by atoms with Crippen molar-refractivity contribution in [2.45, 2.75) is 12.4 Å². The van der Waals surface area contributed by atoms with Crippen molar-refractivity contribution in [3.63, 3.8) is 0 Å². The fourth-order valence-corrected chi connectivity index (χ4v) is 0.617. The molecule has 5 nitrogen and oxygen atoms in total. The number of carbonyl (C=O) groups excluding carboxylic acids is 1. The minimum Gasteiger partial charge on any atom is -0.285 e. The second kappa shape index (κ2) is 3.64. The molecule has 0 fully saturated rings. The predicted octanol–water partition coefficient (Wildman–Crippen LogP) is 1.32. The number of hydrogen-bond donors (Lipinski definition) is 2. The molecule has 1 aromatic rings. The molecule has 1 rings (SSSR count). The van der Waals surface area contributed by atoms with Crippen molar-refractivity contribution in [1.82, 2.24) is 15.2 Å². The summed E-state index contributed by atoms with van der Waals surface area (Å²) in [6.45, 7) is 0. The van der Waals surface area contributed by atoms with Crippen molar-refractivity contribution in [2.75, 3.05) is 5.32 Å². The van der Waals surface area contributed by atoms with E-state index >= 15 is 0 Å². The fourth-order valence-electron chi connectivity index (χ4n) is 0.617. The van der Waals surface area contributed by atoms with Crippen molar-refractivity contribution in [3.8, 4) is 0 Å². The molecule has 1 amide bonds. The van der Waals surface area contributed by atoms with Crippen LogP contribution in [0.3, 0.4) is 0 Å². The van der Waals surface area contributed by atoms with Gasteiger partial charge in [-0.1, -0.05) is 0 Å². The number of nitrogens with zero attached hydrogens (tertiary/aromatic N) is 2. The molecule has 0 atom stereocenters. The van der Waals surface area contributed by atoms with E-state index in [1.807, 2.05) is 0 Å². The SMILES string of the molecule is O=C(Nc1n[nH]c(C(F)(F)F)n1)C(F)(F)F. The summed E-state index contributed by atoms with van der Waals surface area (Å²) in [5, 5.41) is 5.14. The summed E-state index contributed by atoms with van der Waals surface area (Å²) in [7, 11) is 0. The largest absolute Gasteiger partial charge is 0.471 e. The first kappa shape index (κ1) is 12.3. The maximum absolute atomic E-state index is 11.9. The number of halogens is 6. The molecule has 0 saturated heterocycles. The molecule has 0 bridgehead atoms. The number of alkyl halides is 6. The fraction of sp³-hybridized carbons (Fsp3) is 0.400. The van der Waals surface area contributed by atoms with Gasteiger partial charge >= 0.3 is 18.3 Å². The van der Waals surface area contributed by atoms with E-state index in [-0.39, 0.29) is 0 Å². The number of aromatic nitrogens is 3. The first-order valence-corrected chi connectivity index (χ1v) is 3.48. The third-order valence-corrected chi connectivity index (χ3v) is 1.24. The van der Waals surface area contributed by atoms with Crippen LogP contribution in [-0.2, 0) is 11.0 Å². The van der Waals surface area contributed by atoms with Gasteiger partial charge < -0.3 is 0 Å². The summed E-state index contributed by atoms with van der Waals surface area (Å²) in [5.74, 6) is -5.17. The standard InChI is InChI=1S/C5H2F6N4O/c6-4(7,8)1-12-3(15-14-1)13-2(16)5(9,10)11/h(H2,12,13,14,15,16). The van der Waals surface area contributed by atoms with Crippen LogP contribution in [0.1, 0.15) is 5.82 Å². The minimum atomic E-state index is -5.22. The van der Waals surface area contributed by atoms with Gasteiger partial charge in [0.15, 0.2) is 0 Å². The Hall–Kier alpha value is -1.81. The van der Waals surface area contributed by atoms with E-state index in [0.717, 1.165) is 5.32 Å². The maximum Gasteiger partial charge on any atom is 0.471 e. The summed E-state index contributed by atoms with van der Waals surface area (Å²) in [6.07, 6.45) is -10.1. The summed E-state index contributed by atoms with van der Waals surface area (Å²) in [4.78, 5) is 12.9. The second-order valence-electron chi connectivity index (χ2n) is 2.46. The first-order valence-electron chi connectivity index (χ1n) is 3.48. The second-order valence-corrected chi connectivity index (χ2v) is 2.46. The molecule has 1 aromatic heterocycles. The smallest absolute Gasteiger partial charge is 0.285 e. The van der Waals surface area contributed by atoms with Gasteiger partial charge in [0.1, 0.15) is 0 Å². The number of nitrogens with one attached hydrogen (secondary N) is 2. The number of hydrogen-bond acceptors (Lipinski definition) is 3. The number of aromatic amines is 1. The topological polar surface area (TPSA) is 70.7 Å². The third kappa shape index (κ3) is 2.84. The van der Waals surface area contributed by atoms with E-state index in [0.29, 0.717) is 0 Å². The Morgan fingerprint density at radius 3 is 2.12 bits per heavy atom. The van der Waals surface area contributed by atoms with Gasteiger partial charge in [-0.25, -0.2) is 0 Å². The lowest BCUT2D eigenvalue weighted by molar-refractivity contribution is -0.167. The number of rotatable bonds is 1. The van der Waals surface area contributed by atoms with Crippen LogP contribution in [-0.4, -0.2) is 27.3 Å². The van der Waals surface area contributed by atoms with Crippen molar-refractivity contribution in [2.24, 2.45) is 0 Å². The first-order chi connectivity index (χ1) is 7.10. The number of anilines is 1. The molecular formula is C5H2F6N4O. The normalized spacial score (nSPS) is 12.6. The molecule has 16 heavy (non-hydrogen) atoms. The average Bonchev–Trinajstić information content (AvgIpc) is 2.49. The summed E-state index contributed by atoms with van der Waals surface area (Å²) in [5.41, 5.74) is 0. The van der Waals surface area contributed by atoms with Gasteiger partial charge in [-0.15, -0.1) is 5.10 Å². The molecule has 90 valence electrons. The summed E-state index contributed by atoms with van der Waals surface area (Å²) >= 11 is 0. The Morgan fingerprint density at radius 1 is 1.19 bits per heavy atom. The highest BCUT2D eigenvalue weighted by molar-refractivity contribution is 5.93. The molecule has 0 aliphatic rings. The summed E-state index contributed by atoms with van der Waals surface area (Å²) in [6, 6.07) is 0. The van der Waals surface area contributed by atoms with E-state index < -0.39 is 30.0 Å². The lowest BCUT2D eigenvalue weighted by Crippen LogP contribution is -2.30. The third-order valence-electron chi connectivity index (χ3n) is 1.24. The van der Waals surface area contributed by atoms with Gasteiger partial charge in [-0.3, -0.25) is 15.2 Å². The van der Waals surface area contributed by atoms with Crippen molar-refractivity contribution < 1.29 is 31.1 Å². The highest BCUT2D eigenvalue weighted by Crippen LogP contribution is 2.26. The Labute approximate surface area is 82.8 Å². The number of carbonyl (C=O) groups is 1. The zero-order chi connectivity index (χ0) is 12.6. The lowest BCUT2D eigenvalue weighted by atomic mass is 10.6. The van der Waals surface area contributed by atoms with Crippen LogP contribution in [0.4, 0.5) is 32.3 Å². The van der Waals surface area contributed by atoms with Gasteiger partial charge in [-0.05, 0) is 0 Å². The van der Waals surface area contributed by atoms with E-state index in [9.17, 15) is 31.1 Å². The van der Waals surface area contributed by atoms with Crippen molar-refractivity contribution in [3.05, 3.63) is 5.82 Å². The summed E-state index contributed by atoms with van der Waals surface area (Å²) < 4.78 is 70.7. The van der Waals surface area contributed by atoms with Crippen molar-refractivity contribution in [1.29, 1.82) is 0 Å². The maximum atomic E-state index is 11.9. The Bertz CT molecular complexity index is 392. The molecule has 0 radical (unpaired) electrons. The van der Waals surface area contributed by atoms with Crippen LogP contribution in [0.25, 0.3) is 0 Å². The molecule has 0 aliphatic carbocycles. The molecule has 0 aromatic carbocycles. The van der Waals surface area contributed by atoms with E-state index in [1.165, 1.54) is 5.10 Å². The molecule has 11 heteroatoms. The molecule has 1 heterocycles. The van der Waals surface area contributed by atoms with Crippen LogP contribution in [0, 0.1) is 0 Å². The monoisotopic (exact) mass is 248 g/mol. The van der Waals surface area contributed by atoms with E-state index in [1.54, 1.807) is 0 Å². The van der Waals surface area contributed by atoms with Gasteiger partial charge in [0.05, 0.1) is 0 Å². The zero-order valence-electron chi connectivity index (χ0n) is 7.07. The molecular weight excluding hydrogens is 246 g/mol. The van der Waals surface area contributed by atoms with E-state index in [2.05, 4.69) is 10.1 Å². The quantitative estimate of drug-likeness (QED) is 0.736. The highest BCUT2D eigenvalue weighted by Gasteiger charge is 2.40. The molecule has 0 saturated carbocycles. The molecule has 2 N–H and O–H groups in total. The van der Waals surface area contributed by atoms with Gasteiger partial charge in [0, 0.05) is 0 Å². The lowest BCUT2D eigenvalue weighted by Gasteiger charge is -2.03. The van der Waals surface area contributed by atoms with E-state index in [4.69, 9.17) is 0 Å². The molecule has 0 aliphatic heterocycles. The van der Waals surface area contributed by atoms with Gasteiger partial charge in [0.25, 0.3) is 0 Å². The Morgan fingerprint density at radius 2 is 1.75 bits per heavy atom. The van der Waals surface area contributed by atoms with Crippen LogP contribution in [0.5, 0.6) is 0 Å². The van der Waals surface area contributed by atoms with Crippen LogP contribution in [0.15, 0.2) is 0 Å². The van der Waals surface area contributed by atoms with Gasteiger partial charge in [0.2, 0.25) is 11.8 Å². The molecule has 0 unspecified atom stereocenters.